The average Bonchev–Trinajstić information content (AvgIpc) is 2.31. The highest BCUT2D eigenvalue weighted by Gasteiger charge is 2.30. The Morgan fingerprint density at radius 1 is 1.33 bits per heavy atom. The third-order valence-electron chi connectivity index (χ3n) is 3.10. The molecule has 1 N–H and O–H groups in total. The maximum atomic E-state index is 12.1. The van der Waals surface area contributed by atoms with E-state index in [1.165, 1.54) is 0 Å². The number of rotatable bonds is 3. The lowest BCUT2D eigenvalue weighted by atomic mass is 9.92. The summed E-state index contributed by atoms with van der Waals surface area (Å²) in [5.74, 6) is 0.924. The summed E-state index contributed by atoms with van der Waals surface area (Å²) < 4.78 is 42.0. The lowest BCUT2D eigenvalue weighted by Gasteiger charge is -2.32. The third kappa shape index (κ3) is 3.16. The highest BCUT2D eigenvalue weighted by molar-refractivity contribution is 5.37. The van der Waals surface area contributed by atoms with Crippen LogP contribution in [0.1, 0.15) is 24.9 Å². The minimum Gasteiger partial charge on any atom is -0.493 e. The summed E-state index contributed by atoms with van der Waals surface area (Å²) in [4.78, 5) is 0. The van der Waals surface area contributed by atoms with E-state index >= 15 is 0 Å². The molecule has 1 aliphatic rings. The predicted octanol–water partition coefficient (Wildman–Crippen LogP) is 3.30. The molecule has 0 amide bonds. The minimum atomic E-state index is -4.11. The Kier molecular flexibility index (Phi) is 3.80. The molecule has 2 nitrogen and oxygen atoms in total. The molecule has 2 rings (SSSR count). The third-order valence-corrected chi connectivity index (χ3v) is 3.10. The van der Waals surface area contributed by atoms with E-state index in [0.717, 1.165) is 11.3 Å². The number of hydrogen-bond donors (Lipinski definition) is 1. The molecule has 1 aromatic rings. The Morgan fingerprint density at radius 2 is 2.06 bits per heavy atom. The van der Waals surface area contributed by atoms with Crippen LogP contribution < -0.4 is 10.1 Å². The van der Waals surface area contributed by atoms with Crippen LogP contribution >= 0.6 is 0 Å². The van der Waals surface area contributed by atoms with Crippen molar-refractivity contribution in [2.45, 2.75) is 25.6 Å². The molecule has 0 saturated carbocycles. The second kappa shape index (κ2) is 5.18. The fraction of sp³-hybridized carbons (Fsp3) is 0.538. The molecule has 0 spiro atoms. The molecule has 100 valence electrons. The number of para-hydroxylation sites is 1. The van der Waals surface area contributed by atoms with Gasteiger partial charge in [-0.25, -0.2) is 0 Å². The molecule has 0 fully saturated rings. The second-order valence-electron chi connectivity index (χ2n) is 4.62. The molecule has 0 saturated heterocycles. The number of halogens is 3. The molecule has 0 bridgehead atoms. The summed E-state index contributed by atoms with van der Waals surface area (Å²) in [6.07, 6.45) is -4.92. The van der Waals surface area contributed by atoms with Crippen molar-refractivity contribution in [1.82, 2.24) is 5.32 Å². The quantitative estimate of drug-likeness (QED) is 0.899. The summed E-state index contributed by atoms with van der Waals surface area (Å²) >= 11 is 0. The van der Waals surface area contributed by atoms with Crippen LogP contribution in [0.3, 0.4) is 0 Å². The van der Waals surface area contributed by atoms with E-state index in [1.54, 1.807) is 0 Å². The van der Waals surface area contributed by atoms with Crippen LogP contribution in [0.25, 0.3) is 0 Å². The summed E-state index contributed by atoms with van der Waals surface area (Å²) in [6, 6.07) is 7.41. The van der Waals surface area contributed by atoms with Crippen LogP contribution in [0, 0.1) is 5.92 Å². The Balaban J connectivity index is 2.03. The van der Waals surface area contributed by atoms with Gasteiger partial charge in [0, 0.05) is 24.1 Å². The van der Waals surface area contributed by atoms with Crippen molar-refractivity contribution in [3.8, 4) is 5.75 Å². The number of alkyl halides is 3. The van der Waals surface area contributed by atoms with E-state index in [1.807, 2.05) is 31.2 Å². The molecule has 1 aromatic carbocycles. The predicted molar refractivity (Wildman–Crippen MR) is 62.5 cm³/mol. The maximum absolute atomic E-state index is 12.1. The van der Waals surface area contributed by atoms with Crippen molar-refractivity contribution in [3.05, 3.63) is 29.8 Å². The van der Waals surface area contributed by atoms with Crippen LogP contribution in [0.4, 0.5) is 13.2 Å². The van der Waals surface area contributed by atoms with Crippen LogP contribution in [-0.4, -0.2) is 19.3 Å². The van der Waals surface area contributed by atoms with Crippen LogP contribution in [-0.2, 0) is 0 Å². The zero-order chi connectivity index (χ0) is 13.2. The highest BCUT2D eigenvalue weighted by atomic mass is 19.4. The molecule has 1 aliphatic heterocycles. The van der Waals surface area contributed by atoms with Gasteiger partial charge in [-0.1, -0.05) is 25.1 Å². The molecular weight excluding hydrogens is 243 g/mol. The van der Waals surface area contributed by atoms with Gasteiger partial charge < -0.3 is 10.1 Å². The van der Waals surface area contributed by atoms with E-state index in [4.69, 9.17) is 4.74 Å². The first-order valence-corrected chi connectivity index (χ1v) is 5.99. The lowest BCUT2D eigenvalue weighted by Crippen LogP contribution is -2.35. The Bertz CT molecular complexity index is 405. The number of fused-ring (bicyclic) bond motifs is 1. The van der Waals surface area contributed by atoms with Crippen molar-refractivity contribution in [2.24, 2.45) is 5.92 Å². The first-order chi connectivity index (χ1) is 8.47. The second-order valence-corrected chi connectivity index (χ2v) is 4.62. The van der Waals surface area contributed by atoms with E-state index in [2.05, 4.69) is 5.32 Å². The Labute approximate surface area is 104 Å². The van der Waals surface area contributed by atoms with Gasteiger partial charge in [0.15, 0.2) is 0 Å². The van der Waals surface area contributed by atoms with Gasteiger partial charge in [0.05, 0.1) is 13.0 Å². The first-order valence-electron chi connectivity index (χ1n) is 5.99. The van der Waals surface area contributed by atoms with Gasteiger partial charge in [-0.3, -0.25) is 0 Å². The van der Waals surface area contributed by atoms with Gasteiger partial charge in [0.2, 0.25) is 0 Å². The molecule has 2 unspecified atom stereocenters. The fourth-order valence-corrected chi connectivity index (χ4v) is 2.17. The van der Waals surface area contributed by atoms with Gasteiger partial charge in [-0.05, 0) is 6.07 Å². The van der Waals surface area contributed by atoms with E-state index < -0.39 is 12.6 Å². The molecule has 5 heteroatoms. The normalized spacial score (nSPS) is 23.3. The average molecular weight is 259 g/mol. The summed E-state index contributed by atoms with van der Waals surface area (Å²) in [6.45, 7) is 2.44. The van der Waals surface area contributed by atoms with E-state index in [9.17, 15) is 13.2 Å². The minimum absolute atomic E-state index is 0.0627. The molecule has 0 radical (unpaired) electrons. The van der Waals surface area contributed by atoms with Crippen LogP contribution in [0.5, 0.6) is 5.75 Å². The van der Waals surface area contributed by atoms with E-state index in [0.29, 0.717) is 6.61 Å². The SMILES string of the molecule is CC1COc2ccccc2C1NCCC(F)(F)F. The maximum Gasteiger partial charge on any atom is 0.390 e. The molecule has 18 heavy (non-hydrogen) atoms. The summed E-state index contributed by atoms with van der Waals surface area (Å²) in [5.41, 5.74) is 0.943. The van der Waals surface area contributed by atoms with Crippen LogP contribution in [0.15, 0.2) is 24.3 Å². The van der Waals surface area contributed by atoms with Gasteiger partial charge in [-0.15, -0.1) is 0 Å². The Morgan fingerprint density at radius 3 is 2.78 bits per heavy atom. The van der Waals surface area contributed by atoms with Crippen molar-refractivity contribution in [1.29, 1.82) is 0 Å². The molecule has 2 atom stereocenters. The molecule has 1 heterocycles. The number of hydrogen-bond acceptors (Lipinski definition) is 2. The highest BCUT2D eigenvalue weighted by Crippen LogP contribution is 2.35. The number of benzene rings is 1. The van der Waals surface area contributed by atoms with Crippen molar-refractivity contribution < 1.29 is 17.9 Å². The van der Waals surface area contributed by atoms with Gasteiger partial charge in [0.1, 0.15) is 5.75 Å². The zero-order valence-electron chi connectivity index (χ0n) is 10.1. The van der Waals surface area contributed by atoms with Crippen molar-refractivity contribution in [2.75, 3.05) is 13.2 Å². The fourth-order valence-electron chi connectivity index (χ4n) is 2.17. The molecule has 0 aromatic heterocycles. The molecule has 0 aliphatic carbocycles. The zero-order valence-corrected chi connectivity index (χ0v) is 10.1. The number of nitrogens with one attached hydrogen (secondary N) is 1. The van der Waals surface area contributed by atoms with E-state index in [-0.39, 0.29) is 18.5 Å². The van der Waals surface area contributed by atoms with Gasteiger partial charge in [-0.2, -0.15) is 13.2 Å². The van der Waals surface area contributed by atoms with Crippen LogP contribution in [0.2, 0.25) is 0 Å². The lowest BCUT2D eigenvalue weighted by molar-refractivity contribution is -0.133. The number of ether oxygens (including phenoxy) is 1. The van der Waals surface area contributed by atoms with Crippen molar-refractivity contribution in [3.63, 3.8) is 0 Å². The standard InChI is InChI=1S/C13H16F3NO/c1-9-8-18-11-5-3-2-4-10(11)12(9)17-7-6-13(14,15)16/h2-5,9,12,17H,6-8H2,1H3. The summed E-state index contributed by atoms with van der Waals surface area (Å²) in [7, 11) is 0. The largest absolute Gasteiger partial charge is 0.493 e. The monoisotopic (exact) mass is 259 g/mol. The van der Waals surface area contributed by atoms with Gasteiger partial charge >= 0.3 is 6.18 Å². The Hall–Kier alpha value is -1.23. The first kappa shape index (κ1) is 13.2. The molecular formula is C13H16F3NO. The van der Waals surface area contributed by atoms with Crippen molar-refractivity contribution >= 4 is 0 Å². The van der Waals surface area contributed by atoms with Gasteiger partial charge in [0.25, 0.3) is 0 Å². The summed E-state index contributed by atoms with van der Waals surface area (Å²) in [5, 5.41) is 2.98. The topological polar surface area (TPSA) is 21.3 Å². The smallest absolute Gasteiger partial charge is 0.390 e.